The Labute approximate surface area is 190 Å². The number of likely N-dealkylation sites (N-methyl/N-ethyl adjacent to an activating group) is 1. The molecule has 0 aliphatic carbocycles. The molecule has 2 aliphatic rings. The van der Waals surface area contributed by atoms with Crippen molar-refractivity contribution < 1.29 is 14.3 Å². The number of nitrogens with zero attached hydrogens (tertiary/aromatic N) is 2. The van der Waals surface area contributed by atoms with Crippen LogP contribution in [0.4, 0.5) is 5.69 Å². The average Bonchev–Trinajstić information content (AvgIpc) is 2.86. The van der Waals surface area contributed by atoms with Crippen LogP contribution in [0.2, 0.25) is 0 Å². The molecular formula is C26H33N3O3. The van der Waals surface area contributed by atoms with Crippen molar-refractivity contribution in [2.45, 2.75) is 32.1 Å². The number of amides is 2. The standard InChI is InChI=1S/C26H33N3O3/c1-2-27-25(30)24(22-8-4-5-9-23(22)28-14-6-3-7-15-28)20-10-12-21(13-11-20)26(31)29-16-18-32-19-17-29/h4-5,8-13,24H,2-3,6-7,14-19H2,1H3,(H,27,30). The van der Waals surface area contributed by atoms with Crippen molar-refractivity contribution in [3.05, 3.63) is 65.2 Å². The van der Waals surface area contributed by atoms with Gasteiger partial charge >= 0.3 is 0 Å². The van der Waals surface area contributed by atoms with Gasteiger partial charge in [0, 0.05) is 44.0 Å². The summed E-state index contributed by atoms with van der Waals surface area (Å²) in [5.74, 6) is -0.409. The third-order valence-corrected chi connectivity index (χ3v) is 6.35. The number of ether oxygens (including phenoxy) is 1. The van der Waals surface area contributed by atoms with E-state index in [9.17, 15) is 9.59 Å². The smallest absolute Gasteiger partial charge is 0.254 e. The second kappa shape index (κ2) is 10.6. The number of para-hydroxylation sites is 1. The van der Waals surface area contributed by atoms with Gasteiger partial charge in [-0.25, -0.2) is 0 Å². The summed E-state index contributed by atoms with van der Waals surface area (Å²) in [4.78, 5) is 30.3. The van der Waals surface area contributed by atoms with Gasteiger partial charge in [-0.05, 0) is 55.5 Å². The molecule has 2 amide bonds. The monoisotopic (exact) mass is 435 g/mol. The topological polar surface area (TPSA) is 61.9 Å². The Morgan fingerprint density at radius 3 is 2.31 bits per heavy atom. The van der Waals surface area contributed by atoms with Crippen LogP contribution in [0.1, 0.15) is 53.6 Å². The second-order valence-corrected chi connectivity index (χ2v) is 8.46. The summed E-state index contributed by atoms with van der Waals surface area (Å²) in [6.07, 6.45) is 3.62. The zero-order chi connectivity index (χ0) is 22.3. The first-order valence-electron chi connectivity index (χ1n) is 11.8. The molecule has 170 valence electrons. The molecule has 6 nitrogen and oxygen atoms in total. The van der Waals surface area contributed by atoms with Crippen molar-refractivity contribution in [1.82, 2.24) is 10.2 Å². The van der Waals surface area contributed by atoms with Crippen LogP contribution in [-0.4, -0.2) is 62.7 Å². The molecule has 1 atom stereocenters. The van der Waals surface area contributed by atoms with Gasteiger partial charge in [-0.3, -0.25) is 9.59 Å². The molecule has 0 saturated carbocycles. The van der Waals surface area contributed by atoms with Crippen molar-refractivity contribution in [1.29, 1.82) is 0 Å². The highest BCUT2D eigenvalue weighted by atomic mass is 16.5. The van der Waals surface area contributed by atoms with E-state index in [-0.39, 0.29) is 11.8 Å². The van der Waals surface area contributed by atoms with Gasteiger partial charge in [-0.15, -0.1) is 0 Å². The van der Waals surface area contributed by atoms with E-state index in [1.54, 1.807) is 0 Å². The predicted octanol–water partition coefficient (Wildman–Crippen LogP) is 3.42. The summed E-state index contributed by atoms with van der Waals surface area (Å²) in [6.45, 7) is 6.95. The fourth-order valence-corrected chi connectivity index (χ4v) is 4.67. The first kappa shape index (κ1) is 22.3. The summed E-state index contributed by atoms with van der Waals surface area (Å²) < 4.78 is 5.35. The lowest BCUT2D eigenvalue weighted by molar-refractivity contribution is -0.121. The lowest BCUT2D eigenvalue weighted by Gasteiger charge is -2.32. The Hall–Kier alpha value is -2.86. The number of piperidine rings is 1. The molecule has 0 aromatic heterocycles. The number of anilines is 1. The van der Waals surface area contributed by atoms with Gasteiger partial charge in [0.2, 0.25) is 5.91 Å². The minimum absolute atomic E-state index is 0.00999. The van der Waals surface area contributed by atoms with E-state index >= 15 is 0 Å². The number of rotatable bonds is 6. The van der Waals surface area contributed by atoms with Gasteiger partial charge < -0.3 is 19.9 Å². The quantitative estimate of drug-likeness (QED) is 0.755. The van der Waals surface area contributed by atoms with Crippen LogP contribution < -0.4 is 10.2 Å². The van der Waals surface area contributed by atoms with E-state index in [1.165, 1.54) is 19.3 Å². The Balaban J connectivity index is 1.64. The third-order valence-electron chi connectivity index (χ3n) is 6.35. The van der Waals surface area contributed by atoms with Gasteiger partial charge in [0.15, 0.2) is 0 Å². The molecular weight excluding hydrogens is 402 g/mol. The molecule has 0 radical (unpaired) electrons. The molecule has 6 heteroatoms. The third kappa shape index (κ3) is 4.96. The highest BCUT2D eigenvalue weighted by Gasteiger charge is 2.27. The number of hydrogen-bond donors (Lipinski definition) is 1. The largest absolute Gasteiger partial charge is 0.378 e. The first-order chi connectivity index (χ1) is 15.7. The molecule has 1 N–H and O–H groups in total. The Morgan fingerprint density at radius 1 is 0.938 bits per heavy atom. The molecule has 1 unspecified atom stereocenters. The van der Waals surface area contributed by atoms with Crippen LogP contribution in [0.25, 0.3) is 0 Å². The highest BCUT2D eigenvalue weighted by molar-refractivity contribution is 5.95. The highest BCUT2D eigenvalue weighted by Crippen LogP contribution is 2.34. The maximum absolute atomic E-state index is 13.2. The number of carbonyl (C=O) groups excluding carboxylic acids is 2. The number of benzene rings is 2. The molecule has 32 heavy (non-hydrogen) atoms. The normalized spacial score (nSPS) is 17.7. The van der Waals surface area contributed by atoms with Gasteiger partial charge in [0.05, 0.1) is 19.1 Å². The van der Waals surface area contributed by atoms with Crippen LogP contribution in [0.15, 0.2) is 48.5 Å². The Morgan fingerprint density at radius 2 is 1.62 bits per heavy atom. The van der Waals surface area contributed by atoms with E-state index in [2.05, 4.69) is 22.3 Å². The van der Waals surface area contributed by atoms with Crippen LogP contribution in [0.5, 0.6) is 0 Å². The first-order valence-corrected chi connectivity index (χ1v) is 11.8. The Bertz CT molecular complexity index is 916. The fraction of sp³-hybridized carbons (Fsp3) is 0.462. The molecule has 0 bridgehead atoms. The number of carbonyl (C=O) groups is 2. The lowest BCUT2D eigenvalue weighted by atomic mass is 9.88. The van der Waals surface area contributed by atoms with E-state index in [1.807, 2.05) is 48.2 Å². The van der Waals surface area contributed by atoms with E-state index in [0.29, 0.717) is 38.4 Å². The van der Waals surface area contributed by atoms with Crippen LogP contribution >= 0.6 is 0 Å². The van der Waals surface area contributed by atoms with Crippen LogP contribution in [0, 0.1) is 0 Å². The molecule has 0 spiro atoms. The van der Waals surface area contributed by atoms with E-state index in [4.69, 9.17) is 4.74 Å². The second-order valence-electron chi connectivity index (χ2n) is 8.46. The van der Waals surface area contributed by atoms with Crippen LogP contribution in [-0.2, 0) is 9.53 Å². The van der Waals surface area contributed by atoms with Crippen molar-refractivity contribution >= 4 is 17.5 Å². The summed E-state index contributed by atoms with van der Waals surface area (Å²) >= 11 is 0. The van der Waals surface area contributed by atoms with E-state index in [0.717, 1.165) is 29.9 Å². The molecule has 4 rings (SSSR count). The summed E-state index contributed by atoms with van der Waals surface area (Å²) in [6, 6.07) is 15.8. The van der Waals surface area contributed by atoms with Gasteiger partial charge in [0.1, 0.15) is 0 Å². The van der Waals surface area contributed by atoms with Crippen molar-refractivity contribution in [2.24, 2.45) is 0 Å². The van der Waals surface area contributed by atoms with Crippen molar-refractivity contribution in [2.75, 3.05) is 50.8 Å². The lowest BCUT2D eigenvalue weighted by Crippen LogP contribution is -2.40. The van der Waals surface area contributed by atoms with Gasteiger partial charge in [-0.1, -0.05) is 30.3 Å². The zero-order valence-corrected chi connectivity index (χ0v) is 18.9. The number of hydrogen-bond acceptors (Lipinski definition) is 4. The summed E-state index contributed by atoms with van der Waals surface area (Å²) in [5, 5.41) is 3.02. The molecule has 2 fully saturated rings. The average molecular weight is 436 g/mol. The number of morpholine rings is 1. The molecule has 2 saturated heterocycles. The van der Waals surface area contributed by atoms with Gasteiger partial charge in [0.25, 0.3) is 5.91 Å². The predicted molar refractivity (Wildman–Crippen MR) is 126 cm³/mol. The maximum atomic E-state index is 13.2. The molecule has 2 aromatic carbocycles. The zero-order valence-electron chi connectivity index (χ0n) is 18.9. The summed E-state index contributed by atoms with van der Waals surface area (Å²) in [7, 11) is 0. The van der Waals surface area contributed by atoms with Crippen molar-refractivity contribution in [3.63, 3.8) is 0 Å². The Kier molecular flexibility index (Phi) is 7.43. The summed E-state index contributed by atoms with van der Waals surface area (Å²) in [5.41, 5.74) is 3.71. The van der Waals surface area contributed by atoms with Gasteiger partial charge in [-0.2, -0.15) is 0 Å². The minimum Gasteiger partial charge on any atom is -0.378 e. The van der Waals surface area contributed by atoms with E-state index < -0.39 is 5.92 Å². The SMILES string of the molecule is CCNC(=O)C(c1ccc(C(=O)N2CCOCC2)cc1)c1ccccc1N1CCCCC1. The van der Waals surface area contributed by atoms with Crippen molar-refractivity contribution in [3.8, 4) is 0 Å². The minimum atomic E-state index is -0.416. The molecule has 2 aliphatic heterocycles. The maximum Gasteiger partial charge on any atom is 0.254 e. The molecule has 2 aromatic rings. The molecule has 2 heterocycles. The number of nitrogens with one attached hydrogen (secondary N) is 1. The van der Waals surface area contributed by atoms with Crippen LogP contribution in [0.3, 0.4) is 0 Å². The fourth-order valence-electron chi connectivity index (χ4n) is 4.67.